The lowest BCUT2D eigenvalue weighted by Gasteiger charge is -2.09. The molecule has 1 unspecified atom stereocenters. The molecule has 1 aliphatic carbocycles. The summed E-state index contributed by atoms with van der Waals surface area (Å²) in [4.78, 5) is 12.0. The molecule has 1 atom stereocenters. The Bertz CT molecular complexity index is 1310. The number of nitrogens with one attached hydrogen (secondary N) is 2. The summed E-state index contributed by atoms with van der Waals surface area (Å²) in [5.74, 6) is 0.496. The molecule has 4 N–H and O–H groups in total. The number of nitrogens with two attached hydrogens (primary N) is 1. The zero-order valence-corrected chi connectivity index (χ0v) is 17.0. The summed E-state index contributed by atoms with van der Waals surface area (Å²) < 4.78 is 5.30. The SMILES string of the molecule is CC1C=CC=C(c2ccoc2)c2cc(C(=N)c3cc(-c4cccnc4)cnc3N)[nH]c21. The number of allylic oxidation sites excluding steroid dienone is 3. The minimum absolute atomic E-state index is 0.175. The Balaban J connectivity index is 1.58. The number of H-pyrrole nitrogens is 1. The van der Waals surface area contributed by atoms with E-state index in [2.05, 4.69) is 40.1 Å². The van der Waals surface area contributed by atoms with E-state index >= 15 is 0 Å². The third kappa shape index (κ3) is 3.38. The third-order valence-corrected chi connectivity index (χ3v) is 5.54. The molecule has 0 bridgehead atoms. The maximum atomic E-state index is 8.89. The number of aromatic amines is 1. The van der Waals surface area contributed by atoms with Crippen molar-refractivity contribution in [3.63, 3.8) is 0 Å². The van der Waals surface area contributed by atoms with E-state index in [4.69, 9.17) is 15.6 Å². The van der Waals surface area contributed by atoms with E-state index < -0.39 is 0 Å². The maximum absolute atomic E-state index is 8.89. The Morgan fingerprint density at radius 3 is 2.84 bits per heavy atom. The molecule has 0 spiro atoms. The number of nitrogens with zero attached hydrogens (tertiary/aromatic N) is 2. The lowest BCUT2D eigenvalue weighted by atomic mass is 9.96. The Labute approximate surface area is 179 Å². The second-order valence-electron chi connectivity index (χ2n) is 7.55. The van der Waals surface area contributed by atoms with Gasteiger partial charge >= 0.3 is 0 Å². The van der Waals surface area contributed by atoms with Gasteiger partial charge in [0.15, 0.2) is 0 Å². The number of nitrogen functional groups attached to an aromatic ring is 1. The zero-order chi connectivity index (χ0) is 21.4. The molecule has 0 aliphatic heterocycles. The fourth-order valence-electron chi connectivity index (χ4n) is 3.87. The molecule has 0 saturated heterocycles. The Hall–Kier alpha value is -4.19. The molecule has 0 radical (unpaired) electrons. The van der Waals surface area contributed by atoms with E-state index in [1.54, 1.807) is 31.1 Å². The van der Waals surface area contributed by atoms with Crippen LogP contribution in [0.4, 0.5) is 5.82 Å². The summed E-state index contributed by atoms with van der Waals surface area (Å²) in [5.41, 5.74) is 13.7. The monoisotopic (exact) mass is 407 g/mol. The van der Waals surface area contributed by atoms with Crippen LogP contribution in [0.5, 0.6) is 0 Å². The Morgan fingerprint density at radius 1 is 1.16 bits per heavy atom. The van der Waals surface area contributed by atoms with Gasteiger partial charge in [-0.3, -0.25) is 10.4 Å². The number of fused-ring (bicyclic) bond motifs is 1. The van der Waals surface area contributed by atoms with Crippen LogP contribution in [0.2, 0.25) is 0 Å². The summed E-state index contributed by atoms with van der Waals surface area (Å²) in [6, 6.07) is 9.68. The molecule has 0 aromatic carbocycles. The van der Waals surface area contributed by atoms with Gasteiger partial charge in [-0.05, 0) is 29.8 Å². The maximum Gasteiger partial charge on any atom is 0.132 e. The summed E-state index contributed by atoms with van der Waals surface area (Å²) in [5, 5.41) is 8.89. The van der Waals surface area contributed by atoms with Crippen LogP contribution < -0.4 is 5.73 Å². The van der Waals surface area contributed by atoms with Crippen molar-refractivity contribution in [2.75, 3.05) is 5.73 Å². The predicted molar refractivity (Wildman–Crippen MR) is 122 cm³/mol. The van der Waals surface area contributed by atoms with Crippen molar-refractivity contribution in [2.45, 2.75) is 12.8 Å². The third-order valence-electron chi connectivity index (χ3n) is 5.54. The second-order valence-corrected chi connectivity index (χ2v) is 7.55. The fourth-order valence-corrected chi connectivity index (χ4v) is 3.87. The van der Waals surface area contributed by atoms with Gasteiger partial charge in [0.05, 0.1) is 23.9 Å². The quantitative estimate of drug-likeness (QED) is 0.406. The van der Waals surface area contributed by atoms with E-state index in [0.717, 1.165) is 33.5 Å². The Morgan fingerprint density at radius 2 is 2.06 bits per heavy atom. The number of aromatic nitrogens is 3. The van der Waals surface area contributed by atoms with E-state index in [-0.39, 0.29) is 5.92 Å². The molecular weight excluding hydrogens is 386 g/mol. The smallest absolute Gasteiger partial charge is 0.132 e. The van der Waals surface area contributed by atoms with E-state index in [0.29, 0.717) is 22.8 Å². The van der Waals surface area contributed by atoms with Crippen LogP contribution in [0, 0.1) is 5.41 Å². The fraction of sp³-hybridized carbons (Fsp3) is 0.0800. The highest BCUT2D eigenvalue weighted by Gasteiger charge is 2.22. The number of pyridine rings is 2. The van der Waals surface area contributed by atoms with E-state index in [1.807, 2.05) is 30.3 Å². The molecule has 0 fully saturated rings. The van der Waals surface area contributed by atoms with Crippen molar-refractivity contribution in [1.29, 1.82) is 5.41 Å². The second kappa shape index (κ2) is 7.57. The molecular formula is C25H21N5O. The first kappa shape index (κ1) is 18.8. The van der Waals surface area contributed by atoms with Crippen LogP contribution in [0.3, 0.4) is 0 Å². The predicted octanol–water partition coefficient (Wildman–Crippen LogP) is 5.17. The zero-order valence-electron chi connectivity index (χ0n) is 17.0. The van der Waals surface area contributed by atoms with E-state index in [1.165, 1.54) is 0 Å². The van der Waals surface area contributed by atoms with Crippen LogP contribution in [-0.2, 0) is 0 Å². The highest BCUT2D eigenvalue weighted by Crippen LogP contribution is 2.35. The number of anilines is 1. The molecule has 4 heterocycles. The first-order valence-corrected chi connectivity index (χ1v) is 10.0. The molecule has 0 saturated carbocycles. The Kier molecular flexibility index (Phi) is 4.59. The molecule has 6 heteroatoms. The van der Waals surface area contributed by atoms with E-state index in [9.17, 15) is 0 Å². The van der Waals surface area contributed by atoms with Gasteiger partial charge in [0, 0.05) is 58.0 Å². The van der Waals surface area contributed by atoms with Crippen LogP contribution >= 0.6 is 0 Å². The normalized spacial score (nSPS) is 15.3. The van der Waals surface area contributed by atoms with Crippen LogP contribution in [0.15, 0.2) is 84.1 Å². The topological polar surface area (TPSA) is 105 Å². The molecule has 4 aromatic rings. The first-order valence-electron chi connectivity index (χ1n) is 10.0. The number of hydrogen-bond donors (Lipinski definition) is 3. The summed E-state index contributed by atoms with van der Waals surface area (Å²) in [6.45, 7) is 2.13. The van der Waals surface area contributed by atoms with Gasteiger partial charge in [0.2, 0.25) is 0 Å². The minimum Gasteiger partial charge on any atom is -0.472 e. The molecule has 31 heavy (non-hydrogen) atoms. The van der Waals surface area contributed by atoms with Gasteiger partial charge in [-0.25, -0.2) is 4.98 Å². The van der Waals surface area contributed by atoms with Gasteiger partial charge in [-0.2, -0.15) is 0 Å². The average molecular weight is 407 g/mol. The van der Waals surface area contributed by atoms with Crippen molar-refractivity contribution >= 4 is 17.1 Å². The van der Waals surface area contributed by atoms with Crippen LogP contribution in [0.25, 0.3) is 16.7 Å². The average Bonchev–Trinajstić information content (AvgIpc) is 3.45. The molecule has 4 aromatic heterocycles. The number of rotatable bonds is 4. The lowest BCUT2D eigenvalue weighted by molar-refractivity contribution is 0.566. The van der Waals surface area contributed by atoms with Gasteiger partial charge in [0.1, 0.15) is 5.82 Å². The minimum atomic E-state index is 0.175. The van der Waals surface area contributed by atoms with Crippen molar-refractivity contribution in [3.8, 4) is 11.1 Å². The summed E-state index contributed by atoms with van der Waals surface area (Å²) in [7, 11) is 0. The van der Waals surface area contributed by atoms with Crippen molar-refractivity contribution in [1.82, 2.24) is 15.0 Å². The van der Waals surface area contributed by atoms with Gasteiger partial charge in [-0.1, -0.05) is 31.2 Å². The molecule has 152 valence electrons. The van der Waals surface area contributed by atoms with Crippen LogP contribution in [0.1, 0.15) is 40.9 Å². The standard InChI is InChI=1S/C25H21N5O/c1-15-4-2-6-19(17-7-9-31-14-17)20-11-22(30-24(15)20)23(26)21-10-18(13-29-25(21)27)16-5-3-8-28-12-16/h2-15,26,30H,1H3,(H2,27,29). The number of furan rings is 1. The first-order chi connectivity index (χ1) is 15.1. The van der Waals surface area contributed by atoms with Gasteiger partial charge in [0.25, 0.3) is 0 Å². The van der Waals surface area contributed by atoms with Crippen molar-refractivity contribution < 1.29 is 4.42 Å². The highest BCUT2D eigenvalue weighted by atomic mass is 16.3. The lowest BCUT2D eigenvalue weighted by Crippen LogP contribution is -2.08. The molecule has 6 nitrogen and oxygen atoms in total. The van der Waals surface area contributed by atoms with Crippen LogP contribution in [-0.4, -0.2) is 20.7 Å². The summed E-state index contributed by atoms with van der Waals surface area (Å²) >= 11 is 0. The van der Waals surface area contributed by atoms with Crippen molar-refractivity contribution in [3.05, 3.63) is 108 Å². The molecule has 1 aliphatic rings. The largest absolute Gasteiger partial charge is 0.472 e. The molecule has 0 amide bonds. The van der Waals surface area contributed by atoms with Crippen molar-refractivity contribution in [2.24, 2.45) is 0 Å². The highest BCUT2D eigenvalue weighted by molar-refractivity contribution is 6.13. The van der Waals surface area contributed by atoms with Gasteiger partial charge in [-0.15, -0.1) is 0 Å². The van der Waals surface area contributed by atoms with Gasteiger partial charge < -0.3 is 15.1 Å². The number of hydrogen-bond acceptors (Lipinski definition) is 5. The summed E-state index contributed by atoms with van der Waals surface area (Å²) in [6.07, 6.45) is 14.9. The molecule has 5 rings (SSSR count).